The second-order valence-electron chi connectivity index (χ2n) is 7.54. The summed E-state index contributed by atoms with van der Waals surface area (Å²) < 4.78 is 13.4. The number of hydrogen-bond acceptors (Lipinski definition) is 6. The van der Waals surface area contributed by atoms with Gasteiger partial charge in [-0.2, -0.15) is 4.98 Å². The molecule has 0 aliphatic carbocycles. The maximum atomic E-state index is 5.68. The lowest BCUT2D eigenvalue weighted by molar-refractivity contribution is 0.324. The van der Waals surface area contributed by atoms with Crippen LogP contribution < -0.4 is 4.74 Å². The first-order valence-corrected chi connectivity index (χ1v) is 10.6. The van der Waals surface area contributed by atoms with Gasteiger partial charge in [0.1, 0.15) is 5.75 Å². The van der Waals surface area contributed by atoms with Crippen LogP contribution in [0, 0.1) is 0 Å². The number of nitrogens with zero attached hydrogens (tertiary/aromatic N) is 5. The molecular weight excluding hydrogens is 378 g/mol. The lowest BCUT2D eigenvalue weighted by atomic mass is 10.2. The maximum Gasteiger partial charge on any atom is 0.262 e. The zero-order chi connectivity index (χ0) is 20.3. The van der Waals surface area contributed by atoms with Gasteiger partial charge >= 0.3 is 0 Å². The summed E-state index contributed by atoms with van der Waals surface area (Å²) in [7, 11) is 0. The summed E-state index contributed by atoms with van der Waals surface area (Å²) in [6.45, 7) is 6.98. The first-order valence-electron chi connectivity index (χ1n) is 10.6. The third kappa shape index (κ3) is 3.68. The van der Waals surface area contributed by atoms with Crippen LogP contribution >= 0.6 is 0 Å². The molecule has 7 heteroatoms. The van der Waals surface area contributed by atoms with Gasteiger partial charge < -0.3 is 18.7 Å². The first-order chi connectivity index (χ1) is 14.8. The number of hydrogen-bond donors (Lipinski definition) is 0. The Morgan fingerprint density at radius 1 is 1.07 bits per heavy atom. The van der Waals surface area contributed by atoms with Gasteiger partial charge in [-0.25, -0.2) is 4.98 Å². The molecule has 0 bridgehead atoms. The Balaban J connectivity index is 1.38. The average Bonchev–Trinajstić information content (AvgIpc) is 3.53. The third-order valence-electron chi connectivity index (χ3n) is 5.58. The van der Waals surface area contributed by atoms with Gasteiger partial charge in [0.05, 0.1) is 29.5 Å². The van der Waals surface area contributed by atoms with Gasteiger partial charge in [0.2, 0.25) is 5.82 Å². The molecule has 1 saturated heterocycles. The fourth-order valence-electron chi connectivity index (χ4n) is 4.01. The maximum absolute atomic E-state index is 5.68. The molecule has 1 fully saturated rings. The minimum absolute atomic E-state index is 0.449. The van der Waals surface area contributed by atoms with Gasteiger partial charge in [0.25, 0.3) is 5.89 Å². The van der Waals surface area contributed by atoms with E-state index >= 15 is 0 Å². The molecule has 0 N–H and O–H groups in total. The highest BCUT2D eigenvalue weighted by Gasteiger charge is 2.16. The number of para-hydroxylation sites is 1. The number of benzene rings is 2. The molecule has 1 aliphatic heterocycles. The Morgan fingerprint density at radius 2 is 1.93 bits per heavy atom. The van der Waals surface area contributed by atoms with Crippen LogP contribution in [0.3, 0.4) is 0 Å². The topological polar surface area (TPSA) is 69.2 Å². The Hall–Kier alpha value is -3.19. The van der Waals surface area contributed by atoms with E-state index in [0.29, 0.717) is 18.3 Å². The summed E-state index contributed by atoms with van der Waals surface area (Å²) >= 11 is 0. The number of likely N-dealkylation sites (tertiary alicyclic amines) is 1. The van der Waals surface area contributed by atoms with Crippen LogP contribution in [0.4, 0.5) is 0 Å². The van der Waals surface area contributed by atoms with Crippen molar-refractivity contribution in [1.82, 2.24) is 24.6 Å². The molecule has 0 unspecified atom stereocenters. The molecule has 2 aromatic heterocycles. The lowest BCUT2D eigenvalue weighted by Gasteiger charge is -2.14. The Bertz CT molecular complexity index is 1140. The second-order valence-corrected chi connectivity index (χ2v) is 7.54. The van der Waals surface area contributed by atoms with Crippen LogP contribution in [0.25, 0.3) is 33.9 Å². The van der Waals surface area contributed by atoms with Gasteiger partial charge in [0.15, 0.2) is 0 Å². The highest BCUT2D eigenvalue weighted by molar-refractivity contribution is 5.81. The number of ether oxygens (including phenoxy) is 1. The van der Waals surface area contributed by atoms with Crippen LogP contribution in [-0.4, -0.2) is 50.8 Å². The monoisotopic (exact) mass is 403 g/mol. The summed E-state index contributed by atoms with van der Waals surface area (Å²) in [6.07, 6.45) is 4.55. The molecule has 5 rings (SSSR count). The number of fused-ring (bicyclic) bond motifs is 1. The minimum Gasteiger partial charge on any atom is -0.493 e. The SMILES string of the molecule is CCOc1ccccc1-c1nc(-c2ccc3c(c2)ncn3CCN2CCCC2)no1. The van der Waals surface area contributed by atoms with Crippen molar-refractivity contribution in [3.8, 4) is 28.6 Å². The molecule has 30 heavy (non-hydrogen) atoms. The number of rotatable bonds is 7. The van der Waals surface area contributed by atoms with Crippen LogP contribution in [0.1, 0.15) is 19.8 Å². The normalized spacial score (nSPS) is 14.6. The van der Waals surface area contributed by atoms with Crippen molar-refractivity contribution < 1.29 is 9.26 Å². The largest absolute Gasteiger partial charge is 0.493 e. The predicted molar refractivity (Wildman–Crippen MR) is 115 cm³/mol. The highest BCUT2D eigenvalue weighted by atomic mass is 16.5. The fourth-order valence-corrected chi connectivity index (χ4v) is 4.01. The van der Waals surface area contributed by atoms with Gasteiger partial charge in [-0.15, -0.1) is 0 Å². The van der Waals surface area contributed by atoms with E-state index in [1.807, 2.05) is 49.6 Å². The minimum atomic E-state index is 0.449. The van der Waals surface area contributed by atoms with Crippen molar-refractivity contribution in [2.45, 2.75) is 26.3 Å². The molecule has 154 valence electrons. The van der Waals surface area contributed by atoms with Crippen molar-refractivity contribution in [3.63, 3.8) is 0 Å². The summed E-state index contributed by atoms with van der Waals surface area (Å²) in [5.74, 6) is 1.73. The zero-order valence-electron chi connectivity index (χ0n) is 17.1. The quantitative estimate of drug-likeness (QED) is 0.460. The average molecular weight is 403 g/mol. The molecular formula is C23H25N5O2. The standard InChI is InChI=1S/C23H25N5O2/c1-2-29-21-8-4-3-7-18(21)23-25-22(26-30-23)17-9-10-20-19(15-17)24-16-28(20)14-13-27-11-5-6-12-27/h3-4,7-10,15-16H,2,5-6,11-14H2,1H3. The lowest BCUT2D eigenvalue weighted by Crippen LogP contribution is -2.23. The molecule has 0 amide bonds. The summed E-state index contributed by atoms with van der Waals surface area (Å²) in [5.41, 5.74) is 3.75. The Morgan fingerprint density at radius 3 is 2.80 bits per heavy atom. The van der Waals surface area contributed by atoms with E-state index in [4.69, 9.17) is 9.26 Å². The van der Waals surface area contributed by atoms with E-state index < -0.39 is 0 Å². The van der Waals surface area contributed by atoms with Crippen molar-refractivity contribution in [2.75, 3.05) is 26.2 Å². The van der Waals surface area contributed by atoms with Crippen molar-refractivity contribution >= 4 is 11.0 Å². The van der Waals surface area contributed by atoms with Crippen molar-refractivity contribution in [3.05, 3.63) is 48.8 Å². The highest BCUT2D eigenvalue weighted by Crippen LogP contribution is 2.30. The molecule has 1 aliphatic rings. The van der Waals surface area contributed by atoms with Crippen LogP contribution in [0.5, 0.6) is 5.75 Å². The molecule has 0 atom stereocenters. The van der Waals surface area contributed by atoms with Crippen LogP contribution in [-0.2, 0) is 6.54 Å². The van der Waals surface area contributed by atoms with Crippen molar-refractivity contribution in [1.29, 1.82) is 0 Å². The Labute approximate surface area is 175 Å². The Kier molecular flexibility index (Phi) is 5.19. The fraction of sp³-hybridized carbons (Fsp3) is 0.348. The van der Waals surface area contributed by atoms with Gasteiger partial charge in [-0.1, -0.05) is 17.3 Å². The molecule has 0 spiro atoms. The van der Waals surface area contributed by atoms with E-state index in [1.165, 1.54) is 25.9 Å². The molecule has 2 aromatic carbocycles. The summed E-state index contributed by atoms with van der Waals surface area (Å²) in [4.78, 5) is 11.7. The van der Waals surface area contributed by atoms with Crippen molar-refractivity contribution in [2.24, 2.45) is 0 Å². The van der Waals surface area contributed by atoms with Gasteiger partial charge in [-0.05, 0) is 63.2 Å². The summed E-state index contributed by atoms with van der Waals surface area (Å²) in [6, 6.07) is 13.8. The van der Waals surface area contributed by atoms with E-state index in [0.717, 1.165) is 41.0 Å². The third-order valence-corrected chi connectivity index (χ3v) is 5.58. The molecule has 7 nitrogen and oxygen atoms in total. The molecule has 3 heterocycles. The zero-order valence-corrected chi connectivity index (χ0v) is 17.1. The number of imidazole rings is 1. The van der Waals surface area contributed by atoms with Crippen LogP contribution in [0.15, 0.2) is 53.3 Å². The van der Waals surface area contributed by atoms with E-state index in [1.54, 1.807) is 0 Å². The second kappa shape index (κ2) is 8.28. The van der Waals surface area contributed by atoms with E-state index in [-0.39, 0.29) is 0 Å². The van der Waals surface area contributed by atoms with E-state index in [9.17, 15) is 0 Å². The first kappa shape index (κ1) is 18.8. The predicted octanol–water partition coefficient (Wildman–Crippen LogP) is 4.25. The van der Waals surface area contributed by atoms with Gasteiger partial charge in [-0.3, -0.25) is 0 Å². The molecule has 0 saturated carbocycles. The van der Waals surface area contributed by atoms with E-state index in [2.05, 4.69) is 30.7 Å². The summed E-state index contributed by atoms with van der Waals surface area (Å²) in [5, 5.41) is 4.18. The van der Waals surface area contributed by atoms with Gasteiger partial charge in [0, 0.05) is 18.7 Å². The number of aromatic nitrogens is 4. The molecule has 4 aromatic rings. The van der Waals surface area contributed by atoms with Crippen LogP contribution in [0.2, 0.25) is 0 Å². The smallest absolute Gasteiger partial charge is 0.262 e. The molecule has 0 radical (unpaired) electrons.